The Kier molecular flexibility index (Phi) is 4.04. The SMILES string of the molecule is CCC1OCCn2c(-c3ccc(Cl)cc3)c3c(=O)n(C)c(=O)n(C)c3c21. The molecule has 7 heteroatoms. The van der Waals surface area contributed by atoms with Crippen LogP contribution in [0.5, 0.6) is 0 Å². The molecule has 2 aromatic heterocycles. The molecule has 0 fully saturated rings. The van der Waals surface area contributed by atoms with Crippen molar-refractivity contribution in [2.75, 3.05) is 6.61 Å². The van der Waals surface area contributed by atoms with Crippen molar-refractivity contribution >= 4 is 22.5 Å². The molecule has 0 saturated carbocycles. The van der Waals surface area contributed by atoms with Gasteiger partial charge in [-0.25, -0.2) is 4.79 Å². The summed E-state index contributed by atoms with van der Waals surface area (Å²) in [5.41, 5.74) is 2.66. The van der Waals surface area contributed by atoms with Gasteiger partial charge in [0.05, 0.1) is 35.0 Å². The number of benzene rings is 1. The Morgan fingerprint density at radius 1 is 1.15 bits per heavy atom. The quantitative estimate of drug-likeness (QED) is 0.694. The van der Waals surface area contributed by atoms with Gasteiger partial charge in [-0.05, 0) is 24.1 Å². The fraction of sp³-hybridized carbons (Fsp3) is 0.368. The van der Waals surface area contributed by atoms with Gasteiger partial charge in [0.25, 0.3) is 5.56 Å². The molecule has 1 aliphatic heterocycles. The van der Waals surface area contributed by atoms with Gasteiger partial charge in [0.2, 0.25) is 0 Å². The van der Waals surface area contributed by atoms with Gasteiger partial charge in [0.1, 0.15) is 0 Å². The zero-order chi connectivity index (χ0) is 18.6. The molecule has 0 N–H and O–H groups in total. The molecule has 0 radical (unpaired) electrons. The Hall–Kier alpha value is -2.31. The van der Waals surface area contributed by atoms with Crippen LogP contribution in [-0.4, -0.2) is 20.3 Å². The maximum atomic E-state index is 13.0. The van der Waals surface area contributed by atoms with E-state index >= 15 is 0 Å². The lowest BCUT2D eigenvalue weighted by Gasteiger charge is -2.26. The summed E-state index contributed by atoms with van der Waals surface area (Å²) < 4.78 is 10.8. The number of hydrogen-bond acceptors (Lipinski definition) is 3. The van der Waals surface area contributed by atoms with Crippen molar-refractivity contribution < 1.29 is 4.74 Å². The van der Waals surface area contributed by atoms with E-state index < -0.39 is 0 Å². The van der Waals surface area contributed by atoms with Crippen LogP contribution in [0.3, 0.4) is 0 Å². The number of ether oxygens (including phenoxy) is 1. The Labute approximate surface area is 155 Å². The minimum Gasteiger partial charge on any atom is -0.370 e. The van der Waals surface area contributed by atoms with Gasteiger partial charge in [0.15, 0.2) is 0 Å². The molecule has 0 amide bonds. The number of aryl methyl sites for hydroxylation is 1. The zero-order valence-corrected chi connectivity index (χ0v) is 15.7. The number of hydrogen-bond donors (Lipinski definition) is 0. The summed E-state index contributed by atoms with van der Waals surface area (Å²) in [4.78, 5) is 25.6. The third kappa shape index (κ3) is 2.29. The molecule has 1 unspecified atom stereocenters. The van der Waals surface area contributed by atoms with E-state index in [0.29, 0.717) is 29.1 Å². The van der Waals surface area contributed by atoms with E-state index in [4.69, 9.17) is 16.3 Å². The van der Waals surface area contributed by atoms with Crippen LogP contribution in [0.4, 0.5) is 0 Å². The van der Waals surface area contributed by atoms with Crippen LogP contribution in [0.15, 0.2) is 33.9 Å². The Balaban J connectivity index is 2.23. The summed E-state index contributed by atoms with van der Waals surface area (Å²) >= 11 is 6.04. The molecule has 4 rings (SSSR count). The molecule has 1 atom stereocenters. The third-order valence-electron chi connectivity index (χ3n) is 5.13. The first-order valence-corrected chi connectivity index (χ1v) is 9.03. The van der Waals surface area contributed by atoms with Crippen molar-refractivity contribution in [1.29, 1.82) is 0 Å². The van der Waals surface area contributed by atoms with Crippen LogP contribution in [-0.2, 0) is 25.4 Å². The monoisotopic (exact) mass is 373 g/mol. The highest BCUT2D eigenvalue weighted by Crippen LogP contribution is 2.39. The van der Waals surface area contributed by atoms with Gasteiger partial charge in [0, 0.05) is 25.7 Å². The Morgan fingerprint density at radius 3 is 2.50 bits per heavy atom. The highest BCUT2D eigenvalue weighted by atomic mass is 35.5. The molecule has 6 nitrogen and oxygen atoms in total. The highest BCUT2D eigenvalue weighted by molar-refractivity contribution is 6.30. The molecule has 26 heavy (non-hydrogen) atoms. The molecule has 136 valence electrons. The minimum absolute atomic E-state index is 0.148. The summed E-state index contributed by atoms with van der Waals surface area (Å²) in [7, 11) is 3.22. The summed E-state index contributed by atoms with van der Waals surface area (Å²) in [5.74, 6) is 0. The van der Waals surface area contributed by atoms with Gasteiger partial charge >= 0.3 is 5.69 Å². The van der Waals surface area contributed by atoms with E-state index in [9.17, 15) is 9.59 Å². The fourth-order valence-electron chi connectivity index (χ4n) is 3.88. The maximum absolute atomic E-state index is 13.0. The van der Waals surface area contributed by atoms with E-state index in [1.807, 2.05) is 31.2 Å². The zero-order valence-electron chi connectivity index (χ0n) is 15.0. The fourth-order valence-corrected chi connectivity index (χ4v) is 4.01. The van der Waals surface area contributed by atoms with Crippen LogP contribution in [0.1, 0.15) is 25.1 Å². The second-order valence-electron chi connectivity index (χ2n) is 6.59. The molecular weight excluding hydrogens is 354 g/mol. The van der Waals surface area contributed by atoms with Crippen LogP contribution >= 0.6 is 11.6 Å². The molecule has 0 aliphatic carbocycles. The lowest BCUT2D eigenvalue weighted by molar-refractivity contribution is 0.0197. The highest BCUT2D eigenvalue weighted by Gasteiger charge is 2.31. The predicted molar refractivity (Wildman–Crippen MR) is 102 cm³/mol. The van der Waals surface area contributed by atoms with E-state index in [-0.39, 0.29) is 17.4 Å². The summed E-state index contributed by atoms with van der Waals surface area (Å²) in [6.07, 6.45) is 0.618. The minimum atomic E-state index is -0.334. The first-order valence-electron chi connectivity index (χ1n) is 8.65. The summed E-state index contributed by atoms with van der Waals surface area (Å²) in [5, 5.41) is 1.19. The van der Waals surface area contributed by atoms with Crippen molar-refractivity contribution in [1.82, 2.24) is 13.7 Å². The first-order chi connectivity index (χ1) is 12.5. The molecule has 0 spiro atoms. The van der Waals surface area contributed by atoms with Crippen molar-refractivity contribution in [3.05, 3.63) is 55.8 Å². The van der Waals surface area contributed by atoms with Crippen LogP contribution in [0.2, 0.25) is 5.02 Å². The van der Waals surface area contributed by atoms with Crippen LogP contribution in [0, 0.1) is 0 Å². The van der Waals surface area contributed by atoms with E-state index in [0.717, 1.165) is 27.9 Å². The standard InChI is InChI=1S/C19H20ClN3O3/c1-4-13-16-17-14(18(24)22(3)19(25)21(17)2)15(23(16)9-10-26-13)11-5-7-12(20)8-6-11/h5-8,13H,4,9-10H2,1-3H3. The number of halogens is 1. The molecular formula is C19H20ClN3O3. The molecule has 0 bridgehead atoms. The smallest absolute Gasteiger partial charge is 0.331 e. The van der Waals surface area contributed by atoms with Crippen molar-refractivity contribution in [3.8, 4) is 11.3 Å². The predicted octanol–water partition coefficient (Wildman–Crippen LogP) is 2.84. The molecule has 3 heterocycles. The van der Waals surface area contributed by atoms with Crippen molar-refractivity contribution in [3.63, 3.8) is 0 Å². The van der Waals surface area contributed by atoms with Gasteiger partial charge in [-0.15, -0.1) is 0 Å². The molecule has 0 saturated heterocycles. The second kappa shape index (κ2) is 6.14. The number of aromatic nitrogens is 3. The van der Waals surface area contributed by atoms with E-state index in [2.05, 4.69) is 4.57 Å². The van der Waals surface area contributed by atoms with Crippen molar-refractivity contribution in [2.45, 2.75) is 26.0 Å². The average Bonchev–Trinajstić information content (AvgIpc) is 3.00. The van der Waals surface area contributed by atoms with Gasteiger partial charge in [-0.2, -0.15) is 0 Å². The van der Waals surface area contributed by atoms with Crippen LogP contribution < -0.4 is 11.2 Å². The molecule has 1 aromatic carbocycles. The first kappa shape index (κ1) is 17.1. The van der Waals surface area contributed by atoms with Crippen molar-refractivity contribution in [2.24, 2.45) is 14.1 Å². The summed E-state index contributed by atoms with van der Waals surface area (Å²) in [6.45, 7) is 3.25. The van der Waals surface area contributed by atoms with Gasteiger partial charge < -0.3 is 9.30 Å². The van der Waals surface area contributed by atoms with Gasteiger partial charge in [-0.1, -0.05) is 30.7 Å². The molecule has 3 aromatic rings. The molecule has 1 aliphatic rings. The number of fused-ring (bicyclic) bond motifs is 3. The number of rotatable bonds is 2. The summed E-state index contributed by atoms with van der Waals surface area (Å²) in [6, 6.07) is 7.44. The largest absolute Gasteiger partial charge is 0.370 e. The second-order valence-corrected chi connectivity index (χ2v) is 7.03. The number of nitrogens with zero attached hydrogens (tertiary/aromatic N) is 3. The van der Waals surface area contributed by atoms with Crippen LogP contribution in [0.25, 0.3) is 22.2 Å². The van der Waals surface area contributed by atoms with E-state index in [1.54, 1.807) is 11.6 Å². The normalized spacial score (nSPS) is 16.8. The maximum Gasteiger partial charge on any atom is 0.331 e. The van der Waals surface area contributed by atoms with Gasteiger partial charge in [-0.3, -0.25) is 13.9 Å². The Bertz CT molecular complexity index is 1120. The Morgan fingerprint density at radius 2 is 1.85 bits per heavy atom. The topological polar surface area (TPSA) is 58.2 Å². The third-order valence-corrected chi connectivity index (χ3v) is 5.38. The lowest BCUT2D eigenvalue weighted by Crippen LogP contribution is -2.37. The van der Waals surface area contributed by atoms with E-state index in [1.165, 1.54) is 7.05 Å². The average molecular weight is 374 g/mol. The lowest BCUT2D eigenvalue weighted by atomic mass is 10.1.